The summed E-state index contributed by atoms with van der Waals surface area (Å²) < 4.78 is 13.5. The number of aromatic nitrogens is 3. The van der Waals surface area contributed by atoms with Crippen molar-refractivity contribution in [2.45, 2.75) is 50.9 Å². The standard InChI is InChI=1S/C23H26ClN5O3/c1-15-11-23(20-10-17(24)3-2-16(20)6-9-31-23)7-8-28(15)12-18-13-29(27-26-18)14-19-4-5-21(32-19)22(25)30/h2-5,10,13,15H,6-9,11-12,14H2,1H3,(H2,25,30)/t15-,23+/m0/s1. The van der Waals surface area contributed by atoms with E-state index < -0.39 is 5.91 Å². The first kappa shape index (κ1) is 21.2. The average Bonchev–Trinajstić information content (AvgIpc) is 3.41. The number of hydrogen-bond donors (Lipinski definition) is 1. The van der Waals surface area contributed by atoms with Gasteiger partial charge in [0.1, 0.15) is 12.3 Å². The summed E-state index contributed by atoms with van der Waals surface area (Å²) in [6.45, 7) is 5.00. The van der Waals surface area contributed by atoms with Gasteiger partial charge in [-0.3, -0.25) is 9.69 Å². The quantitative estimate of drug-likeness (QED) is 0.634. The van der Waals surface area contributed by atoms with E-state index in [0.717, 1.165) is 43.1 Å². The summed E-state index contributed by atoms with van der Waals surface area (Å²) in [6.07, 6.45) is 4.68. The topological polar surface area (TPSA) is 99.4 Å². The summed E-state index contributed by atoms with van der Waals surface area (Å²) in [5, 5.41) is 9.29. The van der Waals surface area contributed by atoms with Crippen molar-refractivity contribution in [2.24, 2.45) is 5.73 Å². The minimum Gasteiger partial charge on any atom is -0.454 e. The van der Waals surface area contributed by atoms with E-state index >= 15 is 0 Å². The normalized spacial score (nSPS) is 23.4. The Balaban J connectivity index is 1.25. The third-order valence-corrected chi connectivity index (χ3v) is 6.77. The second-order valence-electron chi connectivity index (χ2n) is 8.71. The van der Waals surface area contributed by atoms with Crippen molar-refractivity contribution in [3.63, 3.8) is 0 Å². The van der Waals surface area contributed by atoms with Crippen molar-refractivity contribution in [1.82, 2.24) is 19.9 Å². The van der Waals surface area contributed by atoms with Crippen molar-refractivity contribution in [2.75, 3.05) is 13.2 Å². The van der Waals surface area contributed by atoms with Crippen molar-refractivity contribution < 1.29 is 13.9 Å². The average molecular weight is 456 g/mol. The molecule has 0 aliphatic carbocycles. The maximum Gasteiger partial charge on any atom is 0.284 e. The number of carbonyl (C=O) groups excluding carboxylic acids is 1. The van der Waals surface area contributed by atoms with Gasteiger partial charge in [-0.15, -0.1) is 5.10 Å². The summed E-state index contributed by atoms with van der Waals surface area (Å²) in [5.41, 5.74) is 8.47. The van der Waals surface area contributed by atoms with Crippen molar-refractivity contribution in [3.05, 3.63) is 69.9 Å². The maximum atomic E-state index is 11.2. The van der Waals surface area contributed by atoms with Crippen LogP contribution in [0.1, 0.15) is 52.9 Å². The molecule has 2 aliphatic heterocycles. The number of nitrogens with two attached hydrogens (primary N) is 1. The van der Waals surface area contributed by atoms with Crippen LogP contribution in [0.15, 0.2) is 40.9 Å². The number of carbonyl (C=O) groups is 1. The van der Waals surface area contributed by atoms with Crippen LogP contribution in [0.3, 0.4) is 0 Å². The Morgan fingerprint density at radius 1 is 1.31 bits per heavy atom. The van der Waals surface area contributed by atoms with E-state index in [-0.39, 0.29) is 11.4 Å². The van der Waals surface area contributed by atoms with Crippen LogP contribution in [0.25, 0.3) is 0 Å². The third kappa shape index (κ3) is 4.05. The Hall–Kier alpha value is -2.68. The van der Waals surface area contributed by atoms with E-state index in [9.17, 15) is 4.79 Å². The zero-order valence-electron chi connectivity index (χ0n) is 18.0. The highest BCUT2D eigenvalue weighted by molar-refractivity contribution is 6.30. The molecule has 4 heterocycles. The SMILES string of the molecule is C[C@H]1C[C@@]2(CCN1Cc1cn(Cc3ccc(C(N)=O)o3)nn1)OCCc1ccc(Cl)cc12. The second-order valence-corrected chi connectivity index (χ2v) is 9.14. The van der Waals surface area contributed by atoms with Gasteiger partial charge in [0.05, 0.1) is 24.1 Å². The van der Waals surface area contributed by atoms with Crippen molar-refractivity contribution >= 4 is 17.5 Å². The molecule has 0 bridgehead atoms. The first-order valence-corrected chi connectivity index (χ1v) is 11.2. The largest absolute Gasteiger partial charge is 0.454 e. The van der Waals surface area contributed by atoms with Crippen LogP contribution in [-0.4, -0.2) is 45.0 Å². The molecule has 3 aromatic rings. The Bertz CT molecular complexity index is 1140. The molecule has 1 amide bonds. The predicted octanol–water partition coefficient (Wildman–Crippen LogP) is 3.12. The van der Waals surface area contributed by atoms with Crippen LogP contribution in [-0.2, 0) is 29.8 Å². The minimum atomic E-state index is -0.584. The molecule has 2 aliphatic rings. The number of amides is 1. The van der Waals surface area contributed by atoms with Gasteiger partial charge in [0, 0.05) is 24.2 Å². The molecular formula is C23H26ClN5O3. The minimum absolute atomic E-state index is 0.143. The number of piperidine rings is 1. The number of fused-ring (bicyclic) bond motifs is 2. The lowest BCUT2D eigenvalue weighted by Gasteiger charge is -2.48. The van der Waals surface area contributed by atoms with Crippen LogP contribution >= 0.6 is 11.6 Å². The fraction of sp³-hybridized carbons (Fsp3) is 0.435. The second kappa shape index (κ2) is 8.35. The fourth-order valence-corrected chi connectivity index (χ4v) is 5.11. The number of likely N-dealkylation sites (tertiary alicyclic amines) is 1. The van der Waals surface area contributed by atoms with E-state index in [1.807, 2.05) is 12.3 Å². The monoisotopic (exact) mass is 455 g/mol. The molecule has 9 heteroatoms. The van der Waals surface area contributed by atoms with Gasteiger partial charge in [0.2, 0.25) is 0 Å². The molecule has 0 saturated carbocycles. The Morgan fingerprint density at radius 3 is 2.97 bits per heavy atom. The maximum absolute atomic E-state index is 11.2. The van der Waals surface area contributed by atoms with Gasteiger partial charge < -0.3 is 14.9 Å². The number of hydrogen-bond acceptors (Lipinski definition) is 6. The van der Waals surface area contributed by atoms with Crippen LogP contribution in [0.2, 0.25) is 5.02 Å². The van der Waals surface area contributed by atoms with E-state index in [1.165, 1.54) is 11.1 Å². The first-order chi connectivity index (χ1) is 15.4. The van der Waals surface area contributed by atoms with E-state index in [2.05, 4.69) is 34.3 Å². The Morgan fingerprint density at radius 2 is 2.19 bits per heavy atom. The molecule has 2 atom stereocenters. The molecular weight excluding hydrogens is 430 g/mol. The molecule has 8 nitrogen and oxygen atoms in total. The lowest BCUT2D eigenvalue weighted by molar-refractivity contribution is -0.113. The Kier molecular flexibility index (Phi) is 5.53. The van der Waals surface area contributed by atoms with Crippen molar-refractivity contribution in [1.29, 1.82) is 0 Å². The summed E-state index contributed by atoms with van der Waals surface area (Å²) in [4.78, 5) is 13.6. The van der Waals surface area contributed by atoms with Gasteiger partial charge in [-0.1, -0.05) is 22.9 Å². The molecule has 1 aromatic carbocycles. The molecule has 2 aromatic heterocycles. The molecule has 1 fully saturated rings. The predicted molar refractivity (Wildman–Crippen MR) is 118 cm³/mol. The number of primary amides is 1. The van der Waals surface area contributed by atoms with Gasteiger partial charge in [-0.05, 0) is 61.6 Å². The van der Waals surface area contributed by atoms with E-state index in [0.29, 0.717) is 24.9 Å². The summed E-state index contributed by atoms with van der Waals surface area (Å²) in [7, 11) is 0. The van der Waals surface area contributed by atoms with E-state index in [4.69, 9.17) is 26.5 Å². The zero-order valence-corrected chi connectivity index (χ0v) is 18.7. The molecule has 0 radical (unpaired) electrons. The lowest BCUT2D eigenvalue weighted by Crippen LogP contribution is -2.50. The molecule has 168 valence electrons. The molecule has 2 N–H and O–H groups in total. The molecule has 32 heavy (non-hydrogen) atoms. The smallest absolute Gasteiger partial charge is 0.284 e. The number of rotatable bonds is 5. The number of benzene rings is 1. The first-order valence-electron chi connectivity index (χ1n) is 10.9. The zero-order chi connectivity index (χ0) is 22.3. The van der Waals surface area contributed by atoms with Gasteiger partial charge in [-0.2, -0.15) is 0 Å². The van der Waals surface area contributed by atoms with Gasteiger partial charge >= 0.3 is 0 Å². The highest BCUT2D eigenvalue weighted by Gasteiger charge is 2.43. The van der Waals surface area contributed by atoms with Gasteiger partial charge in [-0.25, -0.2) is 4.68 Å². The number of ether oxygens (including phenoxy) is 1. The summed E-state index contributed by atoms with van der Waals surface area (Å²) in [6, 6.07) is 9.81. The number of furan rings is 1. The van der Waals surface area contributed by atoms with E-state index in [1.54, 1.807) is 16.8 Å². The number of nitrogens with zero attached hydrogens (tertiary/aromatic N) is 4. The lowest BCUT2D eigenvalue weighted by atomic mass is 9.77. The number of halogens is 1. The van der Waals surface area contributed by atoms with Crippen molar-refractivity contribution in [3.8, 4) is 0 Å². The molecule has 1 saturated heterocycles. The summed E-state index contributed by atoms with van der Waals surface area (Å²) in [5.74, 6) is 0.165. The van der Waals surface area contributed by atoms with Gasteiger partial charge in [0.15, 0.2) is 5.76 Å². The third-order valence-electron chi connectivity index (χ3n) is 6.54. The molecule has 5 rings (SSSR count). The Labute approximate surface area is 191 Å². The van der Waals surface area contributed by atoms with Crippen LogP contribution < -0.4 is 5.73 Å². The highest BCUT2D eigenvalue weighted by Crippen LogP contribution is 2.44. The molecule has 1 spiro atoms. The van der Waals surface area contributed by atoms with Crippen LogP contribution in [0, 0.1) is 0 Å². The highest BCUT2D eigenvalue weighted by atomic mass is 35.5. The summed E-state index contributed by atoms with van der Waals surface area (Å²) >= 11 is 6.32. The van der Waals surface area contributed by atoms with Gasteiger partial charge in [0.25, 0.3) is 5.91 Å². The van der Waals surface area contributed by atoms with Crippen LogP contribution in [0.5, 0.6) is 0 Å². The molecule has 0 unspecified atom stereocenters. The van der Waals surface area contributed by atoms with Crippen LogP contribution in [0.4, 0.5) is 0 Å². The fourth-order valence-electron chi connectivity index (χ4n) is 4.94.